The normalized spacial score (nSPS) is 26.3. The number of hydrogen-bond donors (Lipinski definition) is 6. The molecule has 5 aliphatic rings. The number of ether oxygens (including phenoxy) is 14. The van der Waals surface area contributed by atoms with Gasteiger partial charge < -0.3 is 113 Å². The number of aliphatic hydroxyl groups is 2. The van der Waals surface area contributed by atoms with Crippen LogP contribution in [0.25, 0.3) is 33.4 Å². The van der Waals surface area contributed by atoms with Crippen LogP contribution in [0.15, 0.2) is 94.7 Å². The van der Waals surface area contributed by atoms with Crippen molar-refractivity contribution in [3.63, 3.8) is 0 Å². The topological polar surface area (TPSA) is 455 Å². The van der Waals surface area contributed by atoms with Crippen LogP contribution in [0.5, 0.6) is 0 Å². The Bertz CT molecular complexity index is 4520. The number of aromatic nitrogens is 5. The number of nitrogens with one attached hydrogen (secondary N) is 1. The first kappa shape index (κ1) is 100. The number of nitrogens with zero attached hydrogens (tertiary/aromatic N) is 7. The molecule has 1 saturated carbocycles. The van der Waals surface area contributed by atoms with Gasteiger partial charge in [0.15, 0.2) is 17.0 Å². The lowest BCUT2D eigenvalue weighted by atomic mass is 9.80. The number of alkyl carbamates (subject to hydrolysis) is 1. The lowest BCUT2D eigenvalue weighted by Crippen LogP contribution is -2.61. The summed E-state index contributed by atoms with van der Waals surface area (Å²) in [6.45, 7) is 18.1. The number of Topliss-reactive ketones (excluding diaryl/α,β-unsaturated/α-hetero) is 3. The number of amides is 3. The summed E-state index contributed by atoms with van der Waals surface area (Å²) in [4.78, 5) is 114. The highest BCUT2D eigenvalue weighted by Crippen LogP contribution is 2.39. The first-order chi connectivity index (χ1) is 61.3. The number of rotatable bonds is 37. The van der Waals surface area contributed by atoms with Crippen molar-refractivity contribution in [1.29, 1.82) is 0 Å². The van der Waals surface area contributed by atoms with Crippen LogP contribution in [0, 0.1) is 29.6 Å². The molecular formula is C92H133N11O24. The molecule has 0 unspecified atom stereocenters. The largest absolute Gasteiger partial charge is 0.459 e. The van der Waals surface area contributed by atoms with E-state index in [0.717, 1.165) is 33.6 Å². The van der Waals surface area contributed by atoms with Gasteiger partial charge in [0.25, 0.3) is 17.7 Å². The second-order valence-electron chi connectivity index (χ2n) is 33.6. The Hall–Kier alpha value is -8.89. The van der Waals surface area contributed by atoms with Crippen molar-refractivity contribution in [2.24, 2.45) is 35.3 Å². The molecule has 15 atom stereocenters. The van der Waals surface area contributed by atoms with Gasteiger partial charge in [-0.15, -0.1) is 0 Å². The molecule has 9 N–H and O–H groups in total. The summed E-state index contributed by atoms with van der Waals surface area (Å²) in [6, 6.07) is 9.69. The van der Waals surface area contributed by atoms with E-state index in [9.17, 15) is 43.8 Å². The van der Waals surface area contributed by atoms with Gasteiger partial charge in [-0.3, -0.25) is 24.0 Å². The van der Waals surface area contributed by atoms with Crippen molar-refractivity contribution >= 4 is 75.2 Å². The van der Waals surface area contributed by atoms with Gasteiger partial charge in [0.2, 0.25) is 11.7 Å². The molecule has 2 saturated heterocycles. The number of cyclic esters (lactones) is 1. The van der Waals surface area contributed by atoms with E-state index in [-0.39, 0.29) is 87.9 Å². The number of carbonyl (C=O) groups excluding carboxylic acids is 7. The summed E-state index contributed by atoms with van der Waals surface area (Å²) >= 11 is 0. The number of nitrogen functional groups attached to an aromatic ring is 2. The van der Waals surface area contributed by atoms with Crippen molar-refractivity contribution in [1.82, 2.24) is 39.8 Å². The zero-order valence-electron chi connectivity index (χ0n) is 75.1. The van der Waals surface area contributed by atoms with Gasteiger partial charge in [0.1, 0.15) is 59.6 Å². The number of piperidine rings is 1. The monoisotopic (exact) mass is 1780 g/mol. The fourth-order valence-electron chi connectivity index (χ4n) is 16.9. The number of aliphatic hydroxyl groups excluding tert-OH is 1. The highest BCUT2D eigenvalue weighted by atomic mass is 16.6. The van der Waals surface area contributed by atoms with Crippen molar-refractivity contribution < 1.29 is 115 Å². The summed E-state index contributed by atoms with van der Waals surface area (Å²) in [5.41, 5.74) is 26.9. The van der Waals surface area contributed by atoms with Gasteiger partial charge in [-0.2, -0.15) is 10.1 Å². The molecule has 3 fully saturated rings. The summed E-state index contributed by atoms with van der Waals surface area (Å²) in [7, 11) is 4.43. The zero-order valence-corrected chi connectivity index (χ0v) is 75.1. The Morgan fingerprint density at radius 1 is 0.709 bits per heavy atom. The quantitative estimate of drug-likeness (QED) is 0.00952. The highest BCUT2D eigenvalue weighted by Gasteiger charge is 2.53. The molecule has 0 spiro atoms. The molecule has 3 amide bonds. The molecule has 0 radical (unpaired) electrons. The molecule has 1 aliphatic carbocycles. The lowest BCUT2D eigenvalue weighted by molar-refractivity contribution is -0.265. The number of oxazole rings is 1. The third kappa shape index (κ3) is 29.3. The maximum absolute atomic E-state index is 14.7. The van der Waals surface area contributed by atoms with E-state index in [1.54, 1.807) is 46.9 Å². The Balaban J connectivity index is 0.552. The summed E-state index contributed by atoms with van der Waals surface area (Å²) in [5.74, 6) is -8.33. The molecule has 2 aromatic carbocycles. The molecule has 4 aliphatic heterocycles. The van der Waals surface area contributed by atoms with E-state index in [1.807, 2.05) is 65.9 Å². The number of ketones is 3. The second-order valence-corrected chi connectivity index (χ2v) is 33.6. The van der Waals surface area contributed by atoms with Gasteiger partial charge in [-0.25, -0.2) is 24.2 Å². The minimum absolute atomic E-state index is 0.00803. The lowest BCUT2D eigenvalue weighted by Gasteiger charge is -2.42. The number of methoxy groups -OCH3 is 3. The first-order valence-electron chi connectivity index (χ1n) is 44.6. The number of hydrogen-bond acceptors (Lipinski definition) is 31. The summed E-state index contributed by atoms with van der Waals surface area (Å²) < 4.78 is 88.0. The number of fused-ring (bicyclic) bond motifs is 6. The fraction of sp³-hybridized carbons (Fsp3) is 0.641. The fourth-order valence-corrected chi connectivity index (χ4v) is 16.9. The third-order valence-electron chi connectivity index (χ3n) is 24.2. The van der Waals surface area contributed by atoms with E-state index in [1.165, 1.54) is 26.1 Å². The predicted molar refractivity (Wildman–Crippen MR) is 469 cm³/mol. The first-order valence-corrected chi connectivity index (χ1v) is 44.6. The van der Waals surface area contributed by atoms with E-state index >= 15 is 0 Å². The number of benzene rings is 2. The minimum atomic E-state index is -2.50. The molecule has 700 valence electrons. The van der Waals surface area contributed by atoms with Crippen LogP contribution in [-0.4, -0.2) is 293 Å². The highest BCUT2D eigenvalue weighted by molar-refractivity contribution is 6.39. The van der Waals surface area contributed by atoms with Crippen molar-refractivity contribution in [3.8, 4) is 11.3 Å². The van der Waals surface area contributed by atoms with Crippen LogP contribution in [0.1, 0.15) is 142 Å². The molecule has 3 aromatic heterocycles. The number of anilines is 2. The van der Waals surface area contributed by atoms with Crippen molar-refractivity contribution in [2.45, 2.75) is 205 Å². The molecule has 2 bridgehead atoms. The van der Waals surface area contributed by atoms with Gasteiger partial charge in [-0.1, -0.05) is 82.4 Å². The standard InChI is InChI=1S/C92H133N11O24/c1-58-15-11-10-12-16-59(2)76(113-7)53-69-23-18-63(6)92(112,127-69)85(108)88(109)102-29-14-13-17-72(102)89(110)124-77(54-73(104)60(3)48-62(5)83(107)84(115-9)82(106)61(4)47-58)70(93)50-64-20-24-75(78(51-64)114-8)126-91(111)96-28-32-117-34-36-119-38-40-121-42-44-123-46-45-122-43-41-120-39-37-118-35-33-116-31-27-79(105)101-30-26-66-49-65(19-21-68(66)56-101)55-103-87-80(86(94)97-57-98-87)81(100-103)67-22-25-74-71(52-67)99-90(95)125-74/h10-12,15-16,19,21-22,25,48-49,52,57-58,60-61,63-64,69-70,72,75-78,83-84,107,112H,13-14,17-18,20,23-24,26-47,50-51,53-56,93H2,1-9H3,(H2,95,99)(H,96,111)(H2,94,97,98)/b12-10?,15-11+,59-16?,62-48+/t58-,60-,61-,63-,64+,69+,70-,72+,75-,76+,77+,78-,83-,84+,92-/m1/s1. The van der Waals surface area contributed by atoms with Crippen LogP contribution >= 0.6 is 0 Å². The molecular weight excluding hydrogens is 1640 g/mol. The maximum atomic E-state index is 14.7. The number of nitrogens with two attached hydrogens (primary N) is 3. The maximum Gasteiger partial charge on any atom is 0.407 e. The van der Waals surface area contributed by atoms with Crippen LogP contribution in [-0.2, 0) is 115 Å². The average molecular weight is 1780 g/mol. The van der Waals surface area contributed by atoms with Crippen molar-refractivity contribution in [3.05, 3.63) is 107 Å². The molecule has 127 heavy (non-hydrogen) atoms. The van der Waals surface area contributed by atoms with Gasteiger partial charge in [-0.05, 0) is 142 Å². The molecule has 35 nitrogen and oxygen atoms in total. The minimum Gasteiger partial charge on any atom is -0.459 e. The van der Waals surface area contributed by atoms with Gasteiger partial charge in [0.05, 0.1) is 142 Å². The van der Waals surface area contributed by atoms with Gasteiger partial charge in [0, 0.05) is 89.7 Å². The van der Waals surface area contributed by atoms with E-state index in [2.05, 4.69) is 38.5 Å². The van der Waals surface area contributed by atoms with Crippen LogP contribution < -0.4 is 22.5 Å². The SMILES string of the molecule is CO[C@H]1C[C@@H]2CC[C@@H](C)[C@@](O)(O2)C(=O)C(=O)N2CCCC[C@H]2C(=O)O[C@H]([C@H](N)C[C@@H]2CC[C@@H](OC(=O)NCCOCCOCCOCCOCCOCCOCCOCCOCCC(=O)N3CCc4cc(Cn5nc(-c6ccc7oc(N)nc7c6)c6c(N)ncnc65)ccc4C3)[C@H](OC)C2)CC(=O)[C@H](C)/C=C(\C)[C@@H](O)[C@@H](OC)C(=O)[C@H](C)C[C@H](C)/C=C/C=CC=C1C. The summed E-state index contributed by atoms with van der Waals surface area (Å²) in [5, 5.41) is 32.1. The van der Waals surface area contributed by atoms with Crippen molar-refractivity contribution in [2.75, 3.05) is 158 Å². The number of allylic oxidation sites excluding steroid dienone is 6. The number of esters is 1. The Kier molecular flexibility index (Phi) is 40.2. The van der Waals surface area contributed by atoms with E-state index in [0.29, 0.717) is 203 Å². The van der Waals surface area contributed by atoms with Crippen LogP contribution in [0.2, 0.25) is 0 Å². The number of carbonyl (C=O) groups is 7. The second kappa shape index (κ2) is 50.9. The Morgan fingerprint density at radius 2 is 1.39 bits per heavy atom. The predicted octanol–water partition coefficient (Wildman–Crippen LogP) is 7.87. The van der Waals surface area contributed by atoms with E-state index < -0.39 is 108 Å². The van der Waals surface area contributed by atoms with E-state index in [4.69, 9.17) is 93.0 Å². The zero-order chi connectivity index (χ0) is 90.9. The Labute approximate surface area is 743 Å². The smallest absolute Gasteiger partial charge is 0.407 e. The molecule has 7 heterocycles. The summed E-state index contributed by atoms with van der Waals surface area (Å²) in [6.07, 6.45) is 10.6. The molecule has 10 rings (SSSR count). The average Bonchev–Trinajstić information content (AvgIpc) is 1.71. The van der Waals surface area contributed by atoms with Crippen LogP contribution in [0.4, 0.5) is 16.6 Å². The van der Waals surface area contributed by atoms with Gasteiger partial charge >= 0.3 is 12.1 Å². The third-order valence-corrected chi connectivity index (χ3v) is 24.2. The Morgan fingerprint density at radius 3 is 2.06 bits per heavy atom. The molecule has 35 heteroatoms. The van der Waals surface area contributed by atoms with Crippen LogP contribution in [0.3, 0.4) is 0 Å². The molecule has 5 aromatic rings.